The Bertz CT molecular complexity index is 1120. The molecule has 0 atom stereocenters. The molecule has 0 aliphatic carbocycles. The highest BCUT2D eigenvalue weighted by atomic mass is 32.2. The quantitative estimate of drug-likeness (QED) is 0.631. The Morgan fingerprint density at radius 1 is 1.00 bits per heavy atom. The number of hydrogen-bond acceptors (Lipinski definition) is 8. The number of nitrogens with zero attached hydrogens (tertiary/aromatic N) is 6. The molecule has 0 bridgehead atoms. The molecule has 3 aromatic rings. The zero-order valence-corrected chi connectivity index (χ0v) is 17.9. The smallest absolute Gasteiger partial charge is 0.246 e. The summed E-state index contributed by atoms with van der Waals surface area (Å²) in [6.07, 6.45) is 1.74. The predicted octanol–water partition coefficient (Wildman–Crippen LogP) is 1.77. The summed E-state index contributed by atoms with van der Waals surface area (Å²) >= 11 is 0. The zero-order valence-electron chi connectivity index (χ0n) is 17.1. The van der Waals surface area contributed by atoms with Crippen LogP contribution >= 0.6 is 0 Å². The van der Waals surface area contributed by atoms with Crippen LogP contribution in [0.3, 0.4) is 0 Å². The molecule has 158 valence electrons. The van der Waals surface area contributed by atoms with E-state index in [0.717, 1.165) is 5.56 Å². The van der Waals surface area contributed by atoms with E-state index in [4.69, 9.17) is 0 Å². The van der Waals surface area contributed by atoms with Crippen molar-refractivity contribution < 1.29 is 8.42 Å². The summed E-state index contributed by atoms with van der Waals surface area (Å²) < 4.78 is 27.5. The van der Waals surface area contributed by atoms with E-state index >= 15 is 0 Å². The van der Waals surface area contributed by atoms with E-state index in [1.165, 1.54) is 4.31 Å². The van der Waals surface area contributed by atoms with Gasteiger partial charge in [-0.25, -0.2) is 13.4 Å². The van der Waals surface area contributed by atoms with E-state index in [1.54, 1.807) is 20.0 Å². The minimum Gasteiger partial charge on any atom is -0.352 e. The van der Waals surface area contributed by atoms with Gasteiger partial charge in [-0.15, -0.1) is 10.2 Å². The van der Waals surface area contributed by atoms with Gasteiger partial charge in [0.05, 0.1) is 11.4 Å². The fourth-order valence-electron chi connectivity index (χ4n) is 3.50. The van der Waals surface area contributed by atoms with Gasteiger partial charge in [-0.1, -0.05) is 0 Å². The van der Waals surface area contributed by atoms with Gasteiger partial charge >= 0.3 is 0 Å². The van der Waals surface area contributed by atoms with Gasteiger partial charge in [0.25, 0.3) is 0 Å². The van der Waals surface area contributed by atoms with Gasteiger partial charge in [-0.3, -0.25) is 5.10 Å². The lowest BCUT2D eigenvalue weighted by atomic mass is 10.3. The number of aryl methyl sites for hydroxylation is 3. The zero-order chi connectivity index (χ0) is 21.3. The molecule has 11 heteroatoms. The molecule has 30 heavy (non-hydrogen) atoms. The fourth-order valence-corrected chi connectivity index (χ4v) is 5.26. The summed E-state index contributed by atoms with van der Waals surface area (Å²) in [6, 6.07) is 7.57. The Hall–Kier alpha value is -3.05. The molecule has 4 heterocycles. The maximum Gasteiger partial charge on any atom is 0.246 e. The van der Waals surface area contributed by atoms with Crippen molar-refractivity contribution in [2.24, 2.45) is 0 Å². The first kappa shape index (κ1) is 20.2. The third-order valence-electron chi connectivity index (χ3n) is 5.04. The molecule has 4 rings (SSSR count). The molecule has 2 N–H and O–H groups in total. The highest BCUT2D eigenvalue weighted by Gasteiger charge is 2.32. The largest absolute Gasteiger partial charge is 0.352 e. The highest BCUT2D eigenvalue weighted by molar-refractivity contribution is 7.89. The second-order valence-electron chi connectivity index (χ2n) is 7.27. The Balaban J connectivity index is 1.40. The number of aromatic nitrogens is 5. The van der Waals surface area contributed by atoms with E-state index < -0.39 is 10.0 Å². The van der Waals surface area contributed by atoms with E-state index in [0.29, 0.717) is 55.0 Å². The SMILES string of the molecule is Cc1ccnc(Nc2ccc(N3CCN(S(=O)(=O)c4c(C)n[nH]c4C)CC3)nn2)c1. The topological polar surface area (TPSA) is 120 Å². The number of anilines is 3. The lowest BCUT2D eigenvalue weighted by Gasteiger charge is -2.34. The summed E-state index contributed by atoms with van der Waals surface area (Å²) in [6.45, 7) is 7.25. The lowest BCUT2D eigenvalue weighted by Crippen LogP contribution is -2.49. The van der Waals surface area contributed by atoms with Crippen molar-refractivity contribution in [3.63, 3.8) is 0 Å². The minimum atomic E-state index is -3.57. The Morgan fingerprint density at radius 3 is 2.37 bits per heavy atom. The summed E-state index contributed by atoms with van der Waals surface area (Å²) in [5.41, 5.74) is 2.16. The average molecular weight is 429 g/mol. The van der Waals surface area contributed by atoms with Crippen molar-refractivity contribution in [1.82, 2.24) is 29.7 Å². The number of hydrogen-bond donors (Lipinski definition) is 2. The van der Waals surface area contributed by atoms with Crippen LogP contribution in [0.5, 0.6) is 0 Å². The van der Waals surface area contributed by atoms with Gasteiger partial charge in [-0.05, 0) is 50.6 Å². The van der Waals surface area contributed by atoms with Crippen LogP contribution in [-0.4, -0.2) is 64.3 Å². The Morgan fingerprint density at radius 2 is 1.77 bits per heavy atom. The molecule has 0 saturated carbocycles. The van der Waals surface area contributed by atoms with Crippen molar-refractivity contribution in [3.05, 3.63) is 47.4 Å². The van der Waals surface area contributed by atoms with Gasteiger partial charge in [0.2, 0.25) is 10.0 Å². The van der Waals surface area contributed by atoms with E-state index in [9.17, 15) is 8.42 Å². The van der Waals surface area contributed by atoms with Crippen molar-refractivity contribution in [2.45, 2.75) is 25.7 Å². The van der Waals surface area contributed by atoms with Crippen LogP contribution in [0.1, 0.15) is 17.0 Å². The molecule has 0 amide bonds. The molecule has 1 aliphatic heterocycles. The van der Waals surface area contributed by atoms with Crippen LogP contribution in [0.4, 0.5) is 17.5 Å². The number of pyridine rings is 1. The molecule has 1 saturated heterocycles. The van der Waals surface area contributed by atoms with E-state index in [-0.39, 0.29) is 4.90 Å². The summed E-state index contributed by atoms with van der Waals surface area (Å²) in [5, 5.41) is 18.4. The third-order valence-corrected chi connectivity index (χ3v) is 7.21. The van der Waals surface area contributed by atoms with E-state index in [1.807, 2.05) is 36.1 Å². The fraction of sp³-hybridized carbons (Fsp3) is 0.368. The van der Waals surface area contributed by atoms with Gasteiger partial charge in [0.1, 0.15) is 10.7 Å². The van der Waals surface area contributed by atoms with Crippen molar-refractivity contribution in [3.8, 4) is 0 Å². The van der Waals surface area contributed by atoms with Crippen LogP contribution in [0, 0.1) is 20.8 Å². The van der Waals surface area contributed by atoms with Gasteiger partial charge in [0, 0.05) is 32.4 Å². The molecule has 0 aromatic carbocycles. The molecular weight excluding hydrogens is 404 g/mol. The molecule has 0 radical (unpaired) electrons. The Labute approximate surface area is 175 Å². The lowest BCUT2D eigenvalue weighted by molar-refractivity contribution is 0.383. The first-order valence-corrected chi connectivity index (χ1v) is 11.1. The first-order chi connectivity index (χ1) is 14.3. The second kappa shape index (κ2) is 8.00. The standard InChI is InChI=1S/C19H24N8O2S/c1-13-6-7-20-17(12-13)21-16-4-5-18(25-24-16)26-8-10-27(11-9-26)30(28,29)19-14(2)22-23-15(19)3/h4-7,12H,8-11H2,1-3H3,(H,22,23)(H,20,21,24). The van der Waals surface area contributed by atoms with Crippen molar-refractivity contribution in [2.75, 3.05) is 36.4 Å². The molecule has 0 unspecified atom stereocenters. The molecule has 1 aliphatic rings. The van der Waals surface area contributed by atoms with Crippen LogP contribution in [-0.2, 0) is 10.0 Å². The number of aromatic amines is 1. The molecule has 3 aromatic heterocycles. The van der Waals surface area contributed by atoms with Gasteiger partial charge in [0.15, 0.2) is 11.6 Å². The maximum absolute atomic E-state index is 13.0. The number of piperazine rings is 1. The van der Waals surface area contributed by atoms with Crippen LogP contribution in [0.15, 0.2) is 35.4 Å². The molecular formula is C19H24N8O2S. The number of nitrogens with one attached hydrogen (secondary N) is 2. The predicted molar refractivity (Wildman–Crippen MR) is 113 cm³/mol. The first-order valence-electron chi connectivity index (χ1n) is 9.64. The second-order valence-corrected chi connectivity index (χ2v) is 9.15. The number of sulfonamides is 1. The van der Waals surface area contributed by atoms with E-state index in [2.05, 4.69) is 30.7 Å². The molecule has 1 fully saturated rings. The van der Waals surface area contributed by atoms with Crippen LogP contribution in [0.25, 0.3) is 0 Å². The summed E-state index contributed by atoms with van der Waals surface area (Å²) in [7, 11) is -3.57. The summed E-state index contributed by atoms with van der Waals surface area (Å²) in [5.74, 6) is 2.02. The highest BCUT2D eigenvalue weighted by Crippen LogP contribution is 2.24. The summed E-state index contributed by atoms with van der Waals surface area (Å²) in [4.78, 5) is 6.56. The third kappa shape index (κ3) is 3.98. The van der Waals surface area contributed by atoms with Crippen molar-refractivity contribution in [1.29, 1.82) is 0 Å². The van der Waals surface area contributed by atoms with Gasteiger partial charge in [-0.2, -0.15) is 9.40 Å². The normalized spacial score (nSPS) is 15.4. The molecule has 0 spiro atoms. The maximum atomic E-state index is 13.0. The van der Waals surface area contributed by atoms with Crippen LogP contribution in [0.2, 0.25) is 0 Å². The average Bonchev–Trinajstić information content (AvgIpc) is 3.07. The van der Waals surface area contributed by atoms with Gasteiger partial charge < -0.3 is 10.2 Å². The Kier molecular flexibility index (Phi) is 5.39. The number of H-pyrrole nitrogens is 1. The molecule has 10 nitrogen and oxygen atoms in total. The van der Waals surface area contributed by atoms with Crippen LogP contribution < -0.4 is 10.2 Å². The monoisotopic (exact) mass is 428 g/mol. The minimum absolute atomic E-state index is 0.274. The van der Waals surface area contributed by atoms with Crippen molar-refractivity contribution >= 4 is 27.5 Å². The number of rotatable bonds is 5.